The zero-order chi connectivity index (χ0) is 25.9. The highest BCUT2D eigenvalue weighted by molar-refractivity contribution is 5.87. The van der Waals surface area contributed by atoms with Crippen LogP contribution in [0.3, 0.4) is 0 Å². The third-order valence-corrected chi connectivity index (χ3v) is 6.47. The highest BCUT2D eigenvalue weighted by Gasteiger charge is 2.26. The second-order valence-corrected chi connectivity index (χ2v) is 10.9. The molecule has 2 heterocycles. The molecule has 1 aliphatic rings. The number of pyridine rings is 1. The van der Waals surface area contributed by atoms with Gasteiger partial charge in [0.1, 0.15) is 17.4 Å². The first kappa shape index (κ1) is 25.7. The largest absolute Gasteiger partial charge is 0.311 e. The summed E-state index contributed by atoms with van der Waals surface area (Å²) in [5, 5.41) is 7.45. The molecule has 1 N–H and O–H groups in total. The number of halogens is 1. The number of ketones is 1. The highest BCUT2D eigenvalue weighted by Crippen LogP contribution is 2.32. The van der Waals surface area contributed by atoms with E-state index in [1.807, 2.05) is 28.9 Å². The fraction of sp³-hybridized carbons (Fsp3) is 0.448. The molecule has 1 saturated carbocycles. The molecule has 6 nitrogen and oxygen atoms in total. The molecule has 2 aromatic heterocycles. The van der Waals surface area contributed by atoms with Gasteiger partial charge in [-0.2, -0.15) is 5.10 Å². The van der Waals surface area contributed by atoms with E-state index in [0.29, 0.717) is 30.1 Å². The fourth-order valence-corrected chi connectivity index (χ4v) is 4.20. The third kappa shape index (κ3) is 7.09. The summed E-state index contributed by atoms with van der Waals surface area (Å²) in [6, 6.07) is 10.9. The van der Waals surface area contributed by atoms with E-state index in [1.54, 1.807) is 12.3 Å². The van der Waals surface area contributed by atoms with Gasteiger partial charge in [0, 0.05) is 43.6 Å². The maximum absolute atomic E-state index is 14.9. The molecule has 0 atom stereocenters. The van der Waals surface area contributed by atoms with Crippen molar-refractivity contribution in [3.63, 3.8) is 0 Å². The normalized spacial score (nSPS) is 13.6. The van der Waals surface area contributed by atoms with E-state index in [-0.39, 0.29) is 35.8 Å². The number of hydrogen-bond acceptors (Lipinski definition) is 4. The number of anilines is 1. The van der Waals surface area contributed by atoms with Crippen molar-refractivity contribution in [3.05, 3.63) is 76.5 Å². The minimum Gasteiger partial charge on any atom is -0.311 e. The molecule has 0 saturated heterocycles. The standard InChI is InChI=1S/C29H35FN4O2/c1-19(35)32-28-14-21(11-12-31-28)6-5-20-9-10-23(26(30)13-20)15-25(36)16-24-17-27(29(2,3)4)33-34(24)18-22-7-8-22/h9-14,17,22H,5-8,15-16,18H2,1-4H3,(H,31,32,35). The van der Waals surface area contributed by atoms with E-state index >= 15 is 0 Å². The van der Waals surface area contributed by atoms with Gasteiger partial charge >= 0.3 is 0 Å². The van der Waals surface area contributed by atoms with Crippen LogP contribution in [-0.4, -0.2) is 26.5 Å². The lowest BCUT2D eigenvalue weighted by molar-refractivity contribution is -0.118. The van der Waals surface area contributed by atoms with Crippen molar-refractivity contribution < 1.29 is 14.0 Å². The number of hydrogen-bond donors (Lipinski definition) is 1. The van der Waals surface area contributed by atoms with Gasteiger partial charge in [0.2, 0.25) is 5.91 Å². The summed E-state index contributed by atoms with van der Waals surface area (Å²) >= 11 is 0. The fourth-order valence-electron chi connectivity index (χ4n) is 4.20. The second-order valence-electron chi connectivity index (χ2n) is 10.9. The van der Waals surface area contributed by atoms with E-state index in [2.05, 4.69) is 31.1 Å². The van der Waals surface area contributed by atoms with E-state index in [9.17, 15) is 14.0 Å². The van der Waals surface area contributed by atoms with Gasteiger partial charge in [-0.3, -0.25) is 14.3 Å². The highest BCUT2D eigenvalue weighted by atomic mass is 19.1. The van der Waals surface area contributed by atoms with Crippen molar-refractivity contribution in [1.29, 1.82) is 0 Å². The summed E-state index contributed by atoms with van der Waals surface area (Å²) in [6.45, 7) is 8.66. The van der Waals surface area contributed by atoms with Gasteiger partial charge in [-0.25, -0.2) is 9.37 Å². The molecule has 0 spiro atoms. The first-order chi connectivity index (χ1) is 17.1. The van der Waals surface area contributed by atoms with Crippen LogP contribution >= 0.6 is 0 Å². The average molecular weight is 491 g/mol. The molecular formula is C29H35FN4O2. The Morgan fingerprint density at radius 1 is 1.06 bits per heavy atom. The quantitative estimate of drug-likeness (QED) is 0.423. The molecule has 36 heavy (non-hydrogen) atoms. The summed E-state index contributed by atoms with van der Waals surface area (Å²) in [5.74, 6) is 0.625. The van der Waals surface area contributed by atoms with Crippen molar-refractivity contribution in [2.75, 3.05) is 5.32 Å². The van der Waals surface area contributed by atoms with Gasteiger partial charge in [-0.05, 0) is 72.6 Å². The molecule has 0 aliphatic heterocycles. The van der Waals surface area contributed by atoms with Gasteiger partial charge in [-0.1, -0.05) is 32.9 Å². The molecule has 1 aromatic carbocycles. The minimum absolute atomic E-state index is 0.0126. The van der Waals surface area contributed by atoms with Crippen molar-refractivity contribution in [1.82, 2.24) is 14.8 Å². The number of carbonyl (C=O) groups is 2. The predicted molar refractivity (Wildman–Crippen MR) is 138 cm³/mol. The van der Waals surface area contributed by atoms with Crippen LogP contribution in [0.25, 0.3) is 0 Å². The Labute approximate surface area is 212 Å². The minimum atomic E-state index is -0.351. The summed E-state index contributed by atoms with van der Waals surface area (Å²) < 4.78 is 16.9. The molecule has 4 rings (SSSR count). The first-order valence-electron chi connectivity index (χ1n) is 12.7. The zero-order valence-corrected chi connectivity index (χ0v) is 21.6. The van der Waals surface area contributed by atoms with Crippen molar-refractivity contribution in [2.24, 2.45) is 5.92 Å². The van der Waals surface area contributed by atoms with E-state index in [0.717, 1.165) is 29.1 Å². The van der Waals surface area contributed by atoms with Gasteiger partial charge < -0.3 is 5.32 Å². The number of nitrogens with zero attached hydrogens (tertiary/aromatic N) is 3. The molecule has 7 heteroatoms. The molecular weight excluding hydrogens is 455 g/mol. The van der Waals surface area contributed by atoms with Crippen molar-refractivity contribution in [2.45, 2.75) is 78.2 Å². The van der Waals surface area contributed by atoms with E-state index in [4.69, 9.17) is 5.10 Å². The number of amides is 1. The van der Waals surface area contributed by atoms with Crippen molar-refractivity contribution in [3.8, 4) is 0 Å². The summed E-state index contributed by atoms with van der Waals surface area (Å²) in [6.07, 6.45) is 5.74. The van der Waals surface area contributed by atoms with Gasteiger partial charge in [-0.15, -0.1) is 0 Å². The number of rotatable bonds is 10. The molecule has 1 aliphatic carbocycles. The maximum Gasteiger partial charge on any atom is 0.222 e. The van der Waals surface area contributed by atoms with E-state index < -0.39 is 0 Å². The molecule has 190 valence electrons. The molecule has 3 aromatic rings. The molecule has 1 amide bonds. The number of aryl methyl sites for hydroxylation is 2. The van der Waals surface area contributed by atoms with E-state index in [1.165, 1.54) is 25.8 Å². The summed E-state index contributed by atoms with van der Waals surface area (Å²) in [4.78, 5) is 28.3. The number of nitrogens with one attached hydrogen (secondary N) is 1. The van der Waals surface area contributed by atoms with Crippen LogP contribution in [0.4, 0.5) is 10.2 Å². The third-order valence-electron chi connectivity index (χ3n) is 6.47. The maximum atomic E-state index is 14.9. The monoisotopic (exact) mass is 490 g/mol. The predicted octanol–water partition coefficient (Wildman–Crippen LogP) is 5.22. The Balaban J connectivity index is 1.37. The van der Waals surface area contributed by atoms with Crippen LogP contribution in [0.1, 0.15) is 68.6 Å². The van der Waals surface area contributed by atoms with Crippen LogP contribution < -0.4 is 5.32 Å². The van der Waals surface area contributed by atoms with Gasteiger partial charge in [0.05, 0.1) is 5.69 Å². The molecule has 0 unspecified atom stereocenters. The van der Waals surface area contributed by atoms with Gasteiger partial charge in [0.15, 0.2) is 0 Å². The molecule has 0 radical (unpaired) electrons. The smallest absolute Gasteiger partial charge is 0.222 e. The lowest BCUT2D eigenvalue weighted by Gasteiger charge is -2.14. The second kappa shape index (κ2) is 10.7. The number of benzene rings is 1. The van der Waals surface area contributed by atoms with Crippen LogP contribution in [-0.2, 0) is 47.2 Å². The van der Waals surface area contributed by atoms with Crippen molar-refractivity contribution >= 4 is 17.5 Å². The number of carbonyl (C=O) groups excluding carboxylic acids is 2. The number of aromatic nitrogens is 3. The Bertz CT molecular complexity index is 1250. The Morgan fingerprint density at radius 3 is 2.42 bits per heavy atom. The topological polar surface area (TPSA) is 76.9 Å². The van der Waals surface area contributed by atoms with Crippen LogP contribution in [0.15, 0.2) is 42.6 Å². The van der Waals surface area contributed by atoms with Crippen LogP contribution in [0.2, 0.25) is 0 Å². The lowest BCUT2D eigenvalue weighted by atomic mass is 9.92. The first-order valence-corrected chi connectivity index (χ1v) is 12.7. The molecule has 1 fully saturated rings. The molecule has 0 bridgehead atoms. The Hall–Kier alpha value is -3.35. The lowest BCUT2D eigenvalue weighted by Crippen LogP contribution is -2.15. The SMILES string of the molecule is CC(=O)Nc1cc(CCc2ccc(CC(=O)Cc3cc(C(C)(C)C)nn3CC3CC3)c(F)c2)ccn1. The average Bonchev–Trinajstić information content (AvgIpc) is 3.52. The van der Waals surface area contributed by atoms with Gasteiger partial charge in [0.25, 0.3) is 0 Å². The van der Waals surface area contributed by atoms with Crippen LogP contribution in [0, 0.1) is 11.7 Å². The van der Waals surface area contributed by atoms with Crippen LogP contribution in [0.5, 0.6) is 0 Å². The summed E-state index contributed by atoms with van der Waals surface area (Å²) in [7, 11) is 0. The number of Topliss-reactive ketones (excluding diaryl/α,β-unsaturated/α-hetero) is 1. The Morgan fingerprint density at radius 2 is 1.78 bits per heavy atom. The Kier molecular flexibility index (Phi) is 7.67. The summed E-state index contributed by atoms with van der Waals surface area (Å²) in [5.41, 5.74) is 4.11. The zero-order valence-electron chi connectivity index (χ0n) is 21.6.